The highest BCUT2D eigenvalue weighted by Crippen LogP contribution is 2.18. The highest BCUT2D eigenvalue weighted by molar-refractivity contribution is 7.13. The number of anilines is 1. The fourth-order valence-electron chi connectivity index (χ4n) is 2.62. The van der Waals surface area contributed by atoms with E-state index in [1.54, 1.807) is 18.2 Å². The standard InChI is InChI=1S/C12H17N7OS/c20-11(16-12-17-14-9-21-12)6-18-3-1-2-10(4-18)5-19-8-13-7-15-19/h7-10H,1-6H2,(H,16,17,20). The molecule has 1 fully saturated rings. The number of carbonyl (C=O) groups excluding carboxylic acids is 1. The van der Waals surface area contributed by atoms with E-state index in [9.17, 15) is 4.79 Å². The van der Waals surface area contributed by atoms with Crippen molar-refractivity contribution in [2.24, 2.45) is 5.92 Å². The lowest BCUT2D eigenvalue weighted by atomic mass is 9.98. The third kappa shape index (κ3) is 4.05. The number of nitrogens with one attached hydrogen (secondary N) is 1. The van der Waals surface area contributed by atoms with E-state index < -0.39 is 0 Å². The van der Waals surface area contributed by atoms with Gasteiger partial charge in [-0.2, -0.15) is 5.10 Å². The second-order valence-corrected chi connectivity index (χ2v) is 5.99. The summed E-state index contributed by atoms with van der Waals surface area (Å²) in [6.45, 7) is 3.11. The van der Waals surface area contributed by atoms with E-state index in [1.165, 1.54) is 11.3 Å². The van der Waals surface area contributed by atoms with Gasteiger partial charge in [0.2, 0.25) is 11.0 Å². The average Bonchev–Trinajstić information content (AvgIpc) is 3.12. The van der Waals surface area contributed by atoms with Crippen LogP contribution in [0.5, 0.6) is 0 Å². The van der Waals surface area contributed by atoms with Gasteiger partial charge in [-0.15, -0.1) is 10.2 Å². The number of hydrogen-bond acceptors (Lipinski definition) is 7. The molecule has 3 heterocycles. The number of aromatic nitrogens is 5. The van der Waals surface area contributed by atoms with Crippen LogP contribution in [0.3, 0.4) is 0 Å². The first kappa shape index (κ1) is 14.1. The molecule has 21 heavy (non-hydrogen) atoms. The Bertz CT molecular complexity index is 556. The van der Waals surface area contributed by atoms with Gasteiger partial charge in [0.25, 0.3) is 0 Å². The van der Waals surface area contributed by atoms with E-state index in [2.05, 4.69) is 30.5 Å². The van der Waals surface area contributed by atoms with Gasteiger partial charge in [-0.25, -0.2) is 4.98 Å². The smallest absolute Gasteiger partial charge is 0.240 e. The molecule has 9 heteroatoms. The summed E-state index contributed by atoms with van der Waals surface area (Å²) in [5.74, 6) is 0.475. The highest BCUT2D eigenvalue weighted by atomic mass is 32.1. The first-order valence-corrected chi connectivity index (χ1v) is 7.78. The van der Waals surface area contributed by atoms with E-state index in [4.69, 9.17) is 0 Å². The van der Waals surface area contributed by atoms with Crippen molar-refractivity contribution >= 4 is 22.4 Å². The molecule has 8 nitrogen and oxygen atoms in total. The SMILES string of the molecule is O=C(CN1CCCC(Cn2cncn2)C1)Nc1nncs1. The Kier molecular flexibility index (Phi) is 4.51. The number of likely N-dealkylation sites (tertiary alicyclic amines) is 1. The zero-order valence-electron chi connectivity index (χ0n) is 11.6. The van der Waals surface area contributed by atoms with Crippen LogP contribution in [0.2, 0.25) is 0 Å². The molecule has 2 aromatic heterocycles. The van der Waals surface area contributed by atoms with Gasteiger partial charge in [0.1, 0.15) is 18.2 Å². The summed E-state index contributed by atoms with van der Waals surface area (Å²) in [5.41, 5.74) is 1.60. The largest absolute Gasteiger partial charge is 0.299 e. The van der Waals surface area contributed by atoms with E-state index in [0.717, 1.165) is 32.5 Å². The fourth-order valence-corrected chi connectivity index (χ4v) is 3.09. The van der Waals surface area contributed by atoms with E-state index >= 15 is 0 Å². The van der Waals surface area contributed by atoms with Gasteiger partial charge in [0, 0.05) is 13.1 Å². The molecular weight excluding hydrogens is 290 g/mol. The lowest BCUT2D eigenvalue weighted by molar-refractivity contribution is -0.117. The first-order chi connectivity index (χ1) is 10.3. The number of nitrogens with zero attached hydrogens (tertiary/aromatic N) is 6. The molecule has 0 radical (unpaired) electrons. The van der Waals surface area contributed by atoms with Gasteiger partial charge in [-0.1, -0.05) is 11.3 Å². The van der Waals surface area contributed by atoms with E-state index in [-0.39, 0.29) is 5.91 Å². The van der Waals surface area contributed by atoms with Crippen LogP contribution in [0.15, 0.2) is 18.2 Å². The van der Waals surface area contributed by atoms with Crippen LogP contribution in [0, 0.1) is 5.92 Å². The quantitative estimate of drug-likeness (QED) is 0.864. The maximum atomic E-state index is 12.0. The predicted molar refractivity (Wildman–Crippen MR) is 77.7 cm³/mol. The van der Waals surface area contributed by atoms with Gasteiger partial charge >= 0.3 is 0 Å². The van der Waals surface area contributed by atoms with Crippen molar-refractivity contribution in [2.75, 3.05) is 25.0 Å². The fraction of sp³-hybridized carbons (Fsp3) is 0.583. The van der Waals surface area contributed by atoms with Crippen LogP contribution in [0.25, 0.3) is 0 Å². The van der Waals surface area contributed by atoms with Crippen molar-refractivity contribution in [1.82, 2.24) is 29.9 Å². The predicted octanol–water partition coefficient (Wildman–Crippen LogP) is 0.480. The van der Waals surface area contributed by atoms with Gasteiger partial charge in [0.05, 0.1) is 6.54 Å². The monoisotopic (exact) mass is 307 g/mol. The van der Waals surface area contributed by atoms with Crippen molar-refractivity contribution in [1.29, 1.82) is 0 Å². The van der Waals surface area contributed by atoms with Crippen molar-refractivity contribution < 1.29 is 4.79 Å². The van der Waals surface area contributed by atoms with Crippen molar-refractivity contribution in [2.45, 2.75) is 19.4 Å². The maximum Gasteiger partial charge on any atom is 0.240 e. The summed E-state index contributed by atoms with van der Waals surface area (Å²) in [6, 6.07) is 0. The van der Waals surface area contributed by atoms with Gasteiger partial charge in [0.15, 0.2) is 0 Å². The second-order valence-electron chi connectivity index (χ2n) is 5.15. The van der Waals surface area contributed by atoms with Crippen LogP contribution in [-0.2, 0) is 11.3 Å². The Morgan fingerprint density at radius 3 is 3.24 bits per heavy atom. The average molecular weight is 307 g/mol. The minimum atomic E-state index is -0.0341. The lowest BCUT2D eigenvalue weighted by Crippen LogP contribution is -2.41. The molecule has 1 amide bonds. The molecule has 1 saturated heterocycles. The molecule has 1 N–H and O–H groups in total. The molecule has 1 unspecified atom stereocenters. The Morgan fingerprint density at radius 1 is 1.52 bits per heavy atom. The summed E-state index contributed by atoms with van der Waals surface area (Å²) < 4.78 is 1.86. The summed E-state index contributed by atoms with van der Waals surface area (Å²) in [6.07, 6.45) is 5.55. The van der Waals surface area contributed by atoms with Crippen LogP contribution >= 0.6 is 11.3 Å². The van der Waals surface area contributed by atoms with Crippen LogP contribution in [-0.4, -0.2) is 55.4 Å². The highest BCUT2D eigenvalue weighted by Gasteiger charge is 2.22. The minimum absolute atomic E-state index is 0.0341. The Balaban J connectivity index is 1.48. The number of rotatable bonds is 5. The summed E-state index contributed by atoms with van der Waals surface area (Å²) in [7, 11) is 0. The van der Waals surface area contributed by atoms with E-state index in [0.29, 0.717) is 17.6 Å². The normalized spacial score (nSPS) is 19.5. The minimum Gasteiger partial charge on any atom is -0.299 e. The molecule has 0 saturated carbocycles. The molecule has 0 bridgehead atoms. The maximum absolute atomic E-state index is 12.0. The number of piperidine rings is 1. The number of carbonyl (C=O) groups is 1. The van der Waals surface area contributed by atoms with E-state index in [1.807, 2.05) is 4.68 Å². The third-order valence-corrected chi connectivity index (χ3v) is 4.10. The topological polar surface area (TPSA) is 88.8 Å². The van der Waals surface area contributed by atoms with Crippen molar-refractivity contribution in [3.8, 4) is 0 Å². The van der Waals surface area contributed by atoms with Crippen LogP contribution in [0.1, 0.15) is 12.8 Å². The molecule has 1 aliphatic rings. The number of hydrogen-bond donors (Lipinski definition) is 1. The number of amides is 1. The summed E-state index contributed by atoms with van der Waals surface area (Å²) >= 11 is 1.33. The van der Waals surface area contributed by atoms with Gasteiger partial charge in [-0.05, 0) is 25.3 Å². The Labute approximate surface area is 126 Å². The van der Waals surface area contributed by atoms with Crippen molar-refractivity contribution in [3.05, 3.63) is 18.2 Å². The molecular formula is C12H17N7OS. The van der Waals surface area contributed by atoms with Gasteiger partial charge in [-0.3, -0.25) is 19.7 Å². The summed E-state index contributed by atoms with van der Waals surface area (Å²) in [4.78, 5) is 18.1. The van der Waals surface area contributed by atoms with Crippen molar-refractivity contribution in [3.63, 3.8) is 0 Å². The molecule has 1 aliphatic heterocycles. The zero-order valence-corrected chi connectivity index (χ0v) is 12.4. The molecule has 0 aromatic carbocycles. The second kappa shape index (κ2) is 6.72. The first-order valence-electron chi connectivity index (χ1n) is 6.90. The molecule has 0 spiro atoms. The molecule has 112 valence electrons. The van der Waals surface area contributed by atoms with Crippen LogP contribution in [0.4, 0.5) is 5.13 Å². The van der Waals surface area contributed by atoms with Crippen LogP contribution < -0.4 is 5.32 Å². The summed E-state index contributed by atoms with van der Waals surface area (Å²) in [5, 5.41) is 15.0. The zero-order chi connectivity index (χ0) is 14.5. The lowest BCUT2D eigenvalue weighted by Gasteiger charge is -2.31. The molecule has 2 aromatic rings. The third-order valence-electron chi connectivity index (χ3n) is 3.49. The van der Waals surface area contributed by atoms with Gasteiger partial charge < -0.3 is 0 Å². The Hall–Kier alpha value is -1.87. The Morgan fingerprint density at radius 2 is 2.48 bits per heavy atom. The molecule has 3 rings (SSSR count). The molecule has 1 atom stereocenters. The molecule has 0 aliphatic carbocycles.